The van der Waals surface area contributed by atoms with Gasteiger partial charge >= 0.3 is 0 Å². The SMILES string of the molecule is C/C=C\C1CCCN1c1ccccc1. The molecule has 0 aromatic heterocycles. The van der Waals surface area contributed by atoms with Crippen LogP contribution in [0.5, 0.6) is 0 Å². The zero-order chi connectivity index (χ0) is 9.80. The topological polar surface area (TPSA) is 3.24 Å². The van der Waals surface area contributed by atoms with E-state index in [1.807, 2.05) is 0 Å². The molecule has 0 bridgehead atoms. The number of nitrogens with zero attached hydrogens (tertiary/aromatic N) is 1. The quantitative estimate of drug-likeness (QED) is 0.642. The average molecular weight is 187 g/mol. The number of rotatable bonds is 2. The van der Waals surface area contributed by atoms with Crippen molar-refractivity contribution in [3.8, 4) is 0 Å². The number of para-hydroxylation sites is 1. The molecule has 1 aliphatic heterocycles. The molecule has 1 aromatic rings. The zero-order valence-electron chi connectivity index (χ0n) is 8.69. The molecule has 1 fully saturated rings. The van der Waals surface area contributed by atoms with E-state index in [4.69, 9.17) is 0 Å². The van der Waals surface area contributed by atoms with Crippen LogP contribution in [-0.2, 0) is 0 Å². The number of benzene rings is 1. The number of hydrogen-bond donors (Lipinski definition) is 0. The summed E-state index contributed by atoms with van der Waals surface area (Å²) < 4.78 is 0. The maximum absolute atomic E-state index is 2.49. The molecule has 0 spiro atoms. The van der Waals surface area contributed by atoms with Gasteiger partial charge in [-0.05, 0) is 31.9 Å². The highest BCUT2D eigenvalue weighted by Crippen LogP contribution is 2.25. The van der Waals surface area contributed by atoms with Crippen molar-refractivity contribution in [3.05, 3.63) is 42.5 Å². The third-order valence-corrected chi connectivity index (χ3v) is 2.80. The van der Waals surface area contributed by atoms with E-state index in [1.54, 1.807) is 0 Å². The summed E-state index contributed by atoms with van der Waals surface area (Å²) in [7, 11) is 0. The second-order valence-corrected chi connectivity index (χ2v) is 3.76. The van der Waals surface area contributed by atoms with Gasteiger partial charge in [0.15, 0.2) is 0 Å². The second-order valence-electron chi connectivity index (χ2n) is 3.76. The average Bonchev–Trinajstić information content (AvgIpc) is 2.68. The molecule has 74 valence electrons. The molecule has 1 aliphatic rings. The van der Waals surface area contributed by atoms with Crippen LogP contribution in [0.1, 0.15) is 19.8 Å². The minimum Gasteiger partial charge on any atom is -0.365 e. The molecular weight excluding hydrogens is 170 g/mol. The lowest BCUT2D eigenvalue weighted by atomic mass is 10.2. The first kappa shape index (κ1) is 9.32. The van der Waals surface area contributed by atoms with Gasteiger partial charge in [-0.1, -0.05) is 30.4 Å². The molecule has 1 heteroatoms. The molecule has 14 heavy (non-hydrogen) atoms. The van der Waals surface area contributed by atoms with E-state index in [2.05, 4.69) is 54.3 Å². The summed E-state index contributed by atoms with van der Waals surface area (Å²) in [5.74, 6) is 0. The summed E-state index contributed by atoms with van der Waals surface area (Å²) in [6.45, 7) is 3.29. The standard InChI is InChI=1S/C13H17N/c1-2-7-12-10-6-11-14(12)13-8-4-3-5-9-13/h2-5,7-9,12H,6,10-11H2,1H3/b7-2-. The van der Waals surface area contributed by atoms with Crippen LogP contribution in [-0.4, -0.2) is 12.6 Å². The number of hydrogen-bond acceptors (Lipinski definition) is 1. The van der Waals surface area contributed by atoms with Crippen LogP contribution in [0.15, 0.2) is 42.5 Å². The Morgan fingerprint density at radius 3 is 2.79 bits per heavy atom. The van der Waals surface area contributed by atoms with E-state index in [1.165, 1.54) is 25.1 Å². The molecule has 0 saturated carbocycles. The Labute approximate surface area is 86.1 Å². The summed E-state index contributed by atoms with van der Waals surface area (Å²) >= 11 is 0. The normalized spacial score (nSPS) is 22.1. The highest BCUT2D eigenvalue weighted by Gasteiger charge is 2.21. The molecule has 0 aliphatic carbocycles. The fraction of sp³-hybridized carbons (Fsp3) is 0.385. The minimum atomic E-state index is 0.613. The van der Waals surface area contributed by atoms with Crippen LogP contribution in [0.4, 0.5) is 5.69 Å². The van der Waals surface area contributed by atoms with Crippen LogP contribution in [0.25, 0.3) is 0 Å². The molecule has 2 rings (SSSR count). The van der Waals surface area contributed by atoms with E-state index >= 15 is 0 Å². The third kappa shape index (κ3) is 1.82. The smallest absolute Gasteiger partial charge is 0.0473 e. The number of anilines is 1. The molecule has 0 amide bonds. The molecule has 1 aromatic carbocycles. The molecule has 0 radical (unpaired) electrons. The van der Waals surface area contributed by atoms with Crippen LogP contribution in [0.3, 0.4) is 0 Å². The Balaban J connectivity index is 2.18. The summed E-state index contributed by atoms with van der Waals surface area (Å²) in [6, 6.07) is 11.3. The molecule has 1 nitrogen and oxygen atoms in total. The molecule has 0 N–H and O–H groups in total. The predicted molar refractivity (Wildman–Crippen MR) is 61.6 cm³/mol. The summed E-state index contributed by atoms with van der Waals surface area (Å²) in [6.07, 6.45) is 7.06. The molecular formula is C13H17N. The van der Waals surface area contributed by atoms with Gasteiger partial charge in [-0.2, -0.15) is 0 Å². The first-order chi connectivity index (χ1) is 6.92. The molecule has 1 saturated heterocycles. The van der Waals surface area contributed by atoms with Gasteiger partial charge < -0.3 is 4.90 Å². The number of allylic oxidation sites excluding steroid dienone is 1. The van der Waals surface area contributed by atoms with Crippen LogP contribution >= 0.6 is 0 Å². The molecule has 1 unspecified atom stereocenters. The molecule has 1 atom stereocenters. The van der Waals surface area contributed by atoms with E-state index in [0.29, 0.717) is 6.04 Å². The zero-order valence-corrected chi connectivity index (χ0v) is 8.69. The van der Waals surface area contributed by atoms with Crippen molar-refractivity contribution >= 4 is 5.69 Å². The van der Waals surface area contributed by atoms with Crippen LogP contribution < -0.4 is 4.90 Å². The van der Waals surface area contributed by atoms with Crippen molar-refractivity contribution in [3.63, 3.8) is 0 Å². The van der Waals surface area contributed by atoms with Crippen LogP contribution in [0.2, 0.25) is 0 Å². The van der Waals surface area contributed by atoms with Crippen molar-refractivity contribution in [2.45, 2.75) is 25.8 Å². The highest BCUT2D eigenvalue weighted by atomic mass is 15.2. The summed E-state index contributed by atoms with van der Waals surface area (Å²) in [5, 5.41) is 0. The lowest BCUT2D eigenvalue weighted by Gasteiger charge is -2.24. The van der Waals surface area contributed by atoms with Gasteiger partial charge in [-0.3, -0.25) is 0 Å². The van der Waals surface area contributed by atoms with Crippen LogP contribution in [0, 0.1) is 0 Å². The van der Waals surface area contributed by atoms with E-state index in [9.17, 15) is 0 Å². The van der Waals surface area contributed by atoms with Gasteiger partial charge in [0.05, 0.1) is 0 Å². The lowest BCUT2D eigenvalue weighted by molar-refractivity contribution is 0.804. The summed E-state index contributed by atoms with van der Waals surface area (Å²) in [4.78, 5) is 2.49. The summed E-state index contributed by atoms with van der Waals surface area (Å²) in [5.41, 5.74) is 1.35. The van der Waals surface area contributed by atoms with Gasteiger partial charge in [0.2, 0.25) is 0 Å². The fourth-order valence-electron chi connectivity index (χ4n) is 2.15. The Morgan fingerprint density at radius 1 is 1.29 bits per heavy atom. The van der Waals surface area contributed by atoms with E-state index in [-0.39, 0.29) is 0 Å². The van der Waals surface area contributed by atoms with Crippen molar-refractivity contribution < 1.29 is 0 Å². The van der Waals surface area contributed by atoms with Gasteiger partial charge in [-0.15, -0.1) is 0 Å². The van der Waals surface area contributed by atoms with Gasteiger partial charge in [-0.25, -0.2) is 0 Å². The maximum Gasteiger partial charge on any atom is 0.0473 e. The Morgan fingerprint density at radius 2 is 2.07 bits per heavy atom. The van der Waals surface area contributed by atoms with E-state index in [0.717, 1.165) is 0 Å². The first-order valence-electron chi connectivity index (χ1n) is 5.36. The maximum atomic E-state index is 2.49. The first-order valence-corrected chi connectivity index (χ1v) is 5.36. The van der Waals surface area contributed by atoms with Gasteiger partial charge in [0, 0.05) is 18.3 Å². The predicted octanol–water partition coefficient (Wildman–Crippen LogP) is 3.23. The third-order valence-electron chi connectivity index (χ3n) is 2.80. The fourth-order valence-corrected chi connectivity index (χ4v) is 2.15. The largest absolute Gasteiger partial charge is 0.365 e. The minimum absolute atomic E-state index is 0.613. The lowest BCUT2D eigenvalue weighted by Crippen LogP contribution is -2.27. The van der Waals surface area contributed by atoms with Crippen molar-refractivity contribution in [2.75, 3.05) is 11.4 Å². The highest BCUT2D eigenvalue weighted by molar-refractivity contribution is 5.49. The van der Waals surface area contributed by atoms with Crippen molar-refractivity contribution in [1.82, 2.24) is 0 Å². The van der Waals surface area contributed by atoms with Gasteiger partial charge in [0.25, 0.3) is 0 Å². The molecule has 1 heterocycles. The Kier molecular flexibility index (Phi) is 2.87. The van der Waals surface area contributed by atoms with Crippen molar-refractivity contribution in [2.24, 2.45) is 0 Å². The van der Waals surface area contributed by atoms with Gasteiger partial charge in [0.1, 0.15) is 0 Å². The monoisotopic (exact) mass is 187 g/mol. The van der Waals surface area contributed by atoms with E-state index < -0.39 is 0 Å². The Bertz CT molecular complexity index is 302. The Hall–Kier alpha value is -1.24. The van der Waals surface area contributed by atoms with Crippen molar-refractivity contribution in [1.29, 1.82) is 0 Å². The second kappa shape index (κ2) is 4.32.